The first-order valence-corrected chi connectivity index (χ1v) is 4.11. The van der Waals surface area contributed by atoms with Crippen LogP contribution in [0.3, 0.4) is 0 Å². The van der Waals surface area contributed by atoms with Crippen molar-refractivity contribution in [2.75, 3.05) is 0 Å². The van der Waals surface area contributed by atoms with Gasteiger partial charge >= 0.3 is 0 Å². The average Bonchev–Trinajstić information content (AvgIpc) is 1.64. The lowest BCUT2D eigenvalue weighted by molar-refractivity contribution is 0.421. The summed E-state index contributed by atoms with van der Waals surface area (Å²) in [6.45, 7) is 8.97. The summed E-state index contributed by atoms with van der Waals surface area (Å²) in [7, 11) is 0. The van der Waals surface area contributed by atoms with Crippen molar-refractivity contribution in [1.82, 2.24) is 0 Å². The minimum absolute atomic E-state index is 0.655. The van der Waals surface area contributed by atoms with Crippen LogP contribution in [0.4, 0.5) is 0 Å². The van der Waals surface area contributed by atoms with E-state index in [0.29, 0.717) is 4.83 Å². The van der Waals surface area contributed by atoms with E-state index in [1.165, 1.54) is 0 Å². The molecule has 0 aromatic carbocycles. The van der Waals surface area contributed by atoms with E-state index < -0.39 is 0 Å². The first kappa shape index (κ1) is 8.48. The average molecular weight is 179 g/mol. The molecule has 50 valence electrons. The van der Waals surface area contributed by atoms with E-state index in [9.17, 15) is 0 Å². The Balaban J connectivity index is 3.46. The van der Waals surface area contributed by atoms with Crippen molar-refractivity contribution in [3.63, 3.8) is 0 Å². The molecule has 0 N–H and O–H groups in total. The molecule has 0 aromatic rings. The van der Waals surface area contributed by atoms with Gasteiger partial charge in [0, 0.05) is 4.83 Å². The lowest BCUT2D eigenvalue weighted by atomic mass is 9.96. The molecule has 0 spiro atoms. The van der Waals surface area contributed by atoms with E-state index in [-0.39, 0.29) is 0 Å². The minimum Gasteiger partial charge on any atom is -0.0891 e. The second-order valence-corrected chi connectivity index (χ2v) is 4.23. The third-order valence-corrected chi connectivity index (χ3v) is 2.61. The maximum absolute atomic E-state index is 3.54. The summed E-state index contributed by atoms with van der Waals surface area (Å²) in [6.07, 6.45) is 0. The van der Waals surface area contributed by atoms with Gasteiger partial charge in [0.05, 0.1) is 0 Å². The molecular weight excluding hydrogens is 164 g/mol. The van der Waals surface area contributed by atoms with Gasteiger partial charge in [-0.05, 0) is 11.8 Å². The molecule has 0 aliphatic carbocycles. The SMILES string of the molecule is CC(C)[C@H](C)C(C)Br. The molecule has 8 heavy (non-hydrogen) atoms. The molecule has 0 fully saturated rings. The summed E-state index contributed by atoms with van der Waals surface area (Å²) < 4.78 is 0. The van der Waals surface area contributed by atoms with E-state index in [0.717, 1.165) is 11.8 Å². The fourth-order valence-corrected chi connectivity index (χ4v) is 1.14. The molecule has 0 nitrogen and oxygen atoms in total. The molecule has 0 saturated heterocycles. The van der Waals surface area contributed by atoms with Gasteiger partial charge in [0.2, 0.25) is 0 Å². The van der Waals surface area contributed by atoms with Gasteiger partial charge in [-0.25, -0.2) is 0 Å². The summed E-state index contributed by atoms with van der Waals surface area (Å²) in [5.41, 5.74) is 0. The van der Waals surface area contributed by atoms with Gasteiger partial charge in [-0.2, -0.15) is 0 Å². The van der Waals surface area contributed by atoms with Crippen molar-refractivity contribution in [2.24, 2.45) is 11.8 Å². The van der Waals surface area contributed by atoms with Crippen LogP contribution in [0.15, 0.2) is 0 Å². The van der Waals surface area contributed by atoms with Crippen molar-refractivity contribution in [2.45, 2.75) is 32.5 Å². The molecule has 2 atom stereocenters. The van der Waals surface area contributed by atoms with Crippen LogP contribution in [0.1, 0.15) is 27.7 Å². The van der Waals surface area contributed by atoms with Crippen LogP contribution in [0.25, 0.3) is 0 Å². The fourth-order valence-electron chi connectivity index (χ4n) is 0.530. The Bertz CT molecular complexity index is 49.4. The predicted octanol–water partition coefficient (Wildman–Crippen LogP) is 3.06. The van der Waals surface area contributed by atoms with Crippen LogP contribution >= 0.6 is 15.9 Å². The molecule has 0 heterocycles. The maximum atomic E-state index is 3.54. The van der Waals surface area contributed by atoms with Gasteiger partial charge in [-0.15, -0.1) is 0 Å². The van der Waals surface area contributed by atoms with Gasteiger partial charge < -0.3 is 0 Å². The van der Waals surface area contributed by atoms with Gasteiger partial charge in [0.25, 0.3) is 0 Å². The fraction of sp³-hybridized carbons (Fsp3) is 1.00. The number of hydrogen-bond donors (Lipinski definition) is 0. The van der Waals surface area contributed by atoms with Gasteiger partial charge in [-0.1, -0.05) is 43.6 Å². The highest BCUT2D eigenvalue weighted by Crippen LogP contribution is 2.19. The number of halogens is 1. The molecule has 1 heteroatoms. The topological polar surface area (TPSA) is 0 Å². The zero-order valence-electron chi connectivity index (χ0n) is 6.11. The summed E-state index contributed by atoms with van der Waals surface area (Å²) in [5, 5.41) is 0. The second-order valence-electron chi connectivity index (χ2n) is 2.78. The molecular formula is C7H15Br. The van der Waals surface area contributed by atoms with Gasteiger partial charge in [-0.3, -0.25) is 0 Å². The molecule has 0 saturated carbocycles. The van der Waals surface area contributed by atoms with E-state index in [1.807, 2.05) is 0 Å². The molecule has 0 aliphatic heterocycles. The largest absolute Gasteiger partial charge is 0.0891 e. The standard InChI is InChI=1S/C7H15Br/c1-5(2)6(3)7(4)8/h5-7H,1-4H3/t6-,7?/m0/s1. The van der Waals surface area contributed by atoms with E-state index >= 15 is 0 Å². The van der Waals surface area contributed by atoms with Crippen LogP contribution < -0.4 is 0 Å². The quantitative estimate of drug-likeness (QED) is 0.571. The molecule has 0 aliphatic rings. The van der Waals surface area contributed by atoms with Crippen molar-refractivity contribution >= 4 is 15.9 Å². The smallest absolute Gasteiger partial charge is 0.0145 e. The first-order valence-electron chi connectivity index (χ1n) is 3.19. The highest BCUT2D eigenvalue weighted by molar-refractivity contribution is 9.09. The highest BCUT2D eigenvalue weighted by atomic mass is 79.9. The molecule has 1 unspecified atom stereocenters. The van der Waals surface area contributed by atoms with Crippen LogP contribution in [-0.2, 0) is 0 Å². The maximum Gasteiger partial charge on any atom is 0.0145 e. The summed E-state index contributed by atoms with van der Waals surface area (Å²) in [5.74, 6) is 1.58. The Labute approximate surface area is 60.8 Å². The van der Waals surface area contributed by atoms with E-state index in [1.54, 1.807) is 0 Å². The van der Waals surface area contributed by atoms with Crippen LogP contribution in [0.5, 0.6) is 0 Å². The van der Waals surface area contributed by atoms with E-state index in [4.69, 9.17) is 0 Å². The lowest BCUT2D eigenvalue weighted by Gasteiger charge is -2.17. The van der Waals surface area contributed by atoms with Crippen molar-refractivity contribution in [3.05, 3.63) is 0 Å². The third-order valence-electron chi connectivity index (χ3n) is 1.78. The zero-order valence-corrected chi connectivity index (χ0v) is 7.70. The molecule has 0 radical (unpaired) electrons. The Hall–Kier alpha value is 0.480. The molecule has 0 amide bonds. The van der Waals surface area contributed by atoms with Crippen LogP contribution in [-0.4, -0.2) is 4.83 Å². The number of rotatable bonds is 2. The number of alkyl halides is 1. The summed E-state index contributed by atoms with van der Waals surface area (Å²) in [6, 6.07) is 0. The Morgan fingerprint density at radius 3 is 1.38 bits per heavy atom. The molecule has 0 aromatic heterocycles. The lowest BCUT2D eigenvalue weighted by Crippen LogP contribution is -2.12. The molecule has 0 rings (SSSR count). The third kappa shape index (κ3) is 2.71. The first-order chi connectivity index (χ1) is 3.55. The number of hydrogen-bond acceptors (Lipinski definition) is 0. The Morgan fingerprint density at radius 1 is 1.00 bits per heavy atom. The summed E-state index contributed by atoms with van der Waals surface area (Å²) in [4.78, 5) is 0.655. The highest BCUT2D eigenvalue weighted by Gasteiger charge is 2.11. The van der Waals surface area contributed by atoms with E-state index in [2.05, 4.69) is 43.6 Å². The summed E-state index contributed by atoms with van der Waals surface area (Å²) >= 11 is 3.54. The second kappa shape index (κ2) is 3.49. The normalized spacial score (nSPS) is 18.8. The van der Waals surface area contributed by atoms with Crippen molar-refractivity contribution in [1.29, 1.82) is 0 Å². The van der Waals surface area contributed by atoms with Gasteiger partial charge in [0.1, 0.15) is 0 Å². The minimum atomic E-state index is 0.655. The van der Waals surface area contributed by atoms with Gasteiger partial charge in [0.15, 0.2) is 0 Å². The van der Waals surface area contributed by atoms with Crippen molar-refractivity contribution < 1.29 is 0 Å². The van der Waals surface area contributed by atoms with Crippen LogP contribution in [0.2, 0.25) is 0 Å². The predicted molar refractivity (Wildman–Crippen MR) is 42.4 cm³/mol. The molecule has 0 bridgehead atoms. The monoisotopic (exact) mass is 178 g/mol. The zero-order chi connectivity index (χ0) is 6.73. The van der Waals surface area contributed by atoms with Crippen molar-refractivity contribution in [3.8, 4) is 0 Å². The Kier molecular flexibility index (Phi) is 3.70. The Morgan fingerprint density at radius 2 is 1.38 bits per heavy atom. The van der Waals surface area contributed by atoms with Crippen LogP contribution in [0, 0.1) is 11.8 Å².